The lowest BCUT2D eigenvalue weighted by atomic mass is 10.2. The lowest BCUT2D eigenvalue weighted by Gasteiger charge is -2.09. The fourth-order valence-corrected chi connectivity index (χ4v) is 3.36. The number of alkyl halides is 1. The third-order valence-electron chi connectivity index (χ3n) is 2.63. The summed E-state index contributed by atoms with van der Waals surface area (Å²) in [5, 5.41) is 2.39. The van der Waals surface area contributed by atoms with Crippen LogP contribution in [0.4, 0.5) is 0 Å². The molecule has 0 bridgehead atoms. The van der Waals surface area contributed by atoms with Crippen LogP contribution in [-0.2, 0) is 11.9 Å². The fourth-order valence-electron chi connectivity index (χ4n) is 1.54. The molecular formula is C13H13BrClNOS. The third-order valence-corrected chi connectivity index (χ3v) is 4.59. The molecule has 5 heteroatoms. The van der Waals surface area contributed by atoms with Gasteiger partial charge in [0, 0.05) is 20.8 Å². The van der Waals surface area contributed by atoms with E-state index < -0.39 is 0 Å². The average molecular weight is 347 g/mol. The molecule has 0 radical (unpaired) electrons. The maximum atomic E-state index is 6.12. The maximum absolute atomic E-state index is 6.12. The van der Waals surface area contributed by atoms with Gasteiger partial charge in [-0.05, 0) is 26.0 Å². The molecule has 2 aromatic rings. The molecule has 0 amide bonds. The predicted octanol–water partition coefficient (Wildman–Crippen LogP) is 4.89. The number of hydrogen-bond donors (Lipinski definition) is 0. The van der Waals surface area contributed by atoms with Crippen molar-refractivity contribution in [3.05, 3.63) is 44.4 Å². The van der Waals surface area contributed by atoms with Crippen LogP contribution in [0.5, 0.6) is 5.75 Å². The summed E-state index contributed by atoms with van der Waals surface area (Å²) >= 11 is 11.2. The Kier molecular flexibility index (Phi) is 4.65. The van der Waals surface area contributed by atoms with Gasteiger partial charge < -0.3 is 4.74 Å². The van der Waals surface area contributed by atoms with Crippen molar-refractivity contribution in [2.24, 2.45) is 0 Å². The Hall–Kier alpha value is -0.580. The van der Waals surface area contributed by atoms with E-state index in [1.807, 2.05) is 25.1 Å². The van der Waals surface area contributed by atoms with E-state index in [4.69, 9.17) is 16.3 Å². The second kappa shape index (κ2) is 6.04. The molecule has 0 atom stereocenters. The fraction of sp³-hybridized carbons (Fsp3) is 0.308. The molecular weight excluding hydrogens is 334 g/mol. The van der Waals surface area contributed by atoms with Gasteiger partial charge in [-0.15, -0.1) is 11.3 Å². The van der Waals surface area contributed by atoms with Crippen LogP contribution in [0, 0.1) is 13.8 Å². The van der Waals surface area contributed by atoms with E-state index in [2.05, 4.69) is 27.8 Å². The second-order valence-electron chi connectivity index (χ2n) is 3.89. The van der Waals surface area contributed by atoms with Gasteiger partial charge >= 0.3 is 0 Å². The molecule has 0 aliphatic carbocycles. The zero-order valence-corrected chi connectivity index (χ0v) is 13.3. The number of ether oxygens (including phenoxy) is 1. The molecule has 96 valence electrons. The summed E-state index contributed by atoms with van der Waals surface area (Å²) in [7, 11) is 0. The third kappa shape index (κ3) is 3.05. The topological polar surface area (TPSA) is 22.1 Å². The van der Waals surface area contributed by atoms with E-state index >= 15 is 0 Å². The zero-order valence-electron chi connectivity index (χ0n) is 10.2. The van der Waals surface area contributed by atoms with Crippen molar-refractivity contribution >= 4 is 38.9 Å². The summed E-state index contributed by atoms with van der Waals surface area (Å²) in [5.74, 6) is 0.810. The molecule has 0 saturated heterocycles. The van der Waals surface area contributed by atoms with Crippen LogP contribution in [0.2, 0.25) is 5.02 Å². The first-order chi connectivity index (χ1) is 8.61. The molecule has 0 saturated carbocycles. The number of rotatable bonds is 4. The van der Waals surface area contributed by atoms with E-state index in [0.29, 0.717) is 11.9 Å². The highest BCUT2D eigenvalue weighted by atomic mass is 79.9. The van der Waals surface area contributed by atoms with Gasteiger partial charge in [0.15, 0.2) is 0 Å². The number of thiazole rings is 1. The van der Waals surface area contributed by atoms with Crippen LogP contribution < -0.4 is 4.74 Å². The van der Waals surface area contributed by atoms with Gasteiger partial charge in [0.05, 0.1) is 5.69 Å². The largest absolute Gasteiger partial charge is 0.486 e. The molecule has 2 rings (SSSR count). The SMILES string of the molecule is Cc1nc(COc2cccc(Cl)c2CBr)sc1C. The Bertz CT molecular complexity index is 536. The van der Waals surface area contributed by atoms with Crippen molar-refractivity contribution in [2.75, 3.05) is 0 Å². The van der Waals surface area contributed by atoms with Gasteiger partial charge in [-0.2, -0.15) is 0 Å². The van der Waals surface area contributed by atoms with Crippen LogP contribution in [0.25, 0.3) is 0 Å². The average Bonchev–Trinajstić information content (AvgIpc) is 2.66. The van der Waals surface area contributed by atoms with Crippen molar-refractivity contribution in [3.8, 4) is 5.75 Å². The van der Waals surface area contributed by atoms with Crippen molar-refractivity contribution < 1.29 is 4.74 Å². The van der Waals surface area contributed by atoms with Crippen LogP contribution in [-0.4, -0.2) is 4.98 Å². The smallest absolute Gasteiger partial charge is 0.140 e. The molecule has 0 aliphatic heterocycles. The van der Waals surface area contributed by atoms with Crippen LogP contribution >= 0.6 is 38.9 Å². The van der Waals surface area contributed by atoms with E-state index in [9.17, 15) is 0 Å². The lowest BCUT2D eigenvalue weighted by Crippen LogP contribution is -1.98. The minimum absolute atomic E-state index is 0.486. The highest BCUT2D eigenvalue weighted by Gasteiger charge is 2.09. The summed E-state index contributed by atoms with van der Waals surface area (Å²) in [6.07, 6.45) is 0. The number of aryl methyl sites for hydroxylation is 2. The van der Waals surface area contributed by atoms with Gasteiger partial charge in [-0.25, -0.2) is 4.98 Å². The molecule has 1 aromatic heterocycles. The van der Waals surface area contributed by atoms with Crippen LogP contribution in [0.1, 0.15) is 21.1 Å². The lowest BCUT2D eigenvalue weighted by molar-refractivity contribution is 0.303. The molecule has 0 unspecified atom stereocenters. The molecule has 0 N–H and O–H groups in total. The minimum Gasteiger partial charge on any atom is -0.486 e. The van der Waals surface area contributed by atoms with Crippen LogP contribution in [0.15, 0.2) is 18.2 Å². The zero-order chi connectivity index (χ0) is 13.1. The highest BCUT2D eigenvalue weighted by molar-refractivity contribution is 9.08. The molecule has 1 aromatic carbocycles. The summed E-state index contributed by atoms with van der Waals surface area (Å²) in [5.41, 5.74) is 2.05. The highest BCUT2D eigenvalue weighted by Crippen LogP contribution is 2.29. The van der Waals surface area contributed by atoms with Gasteiger partial charge in [-0.3, -0.25) is 0 Å². The first-order valence-electron chi connectivity index (χ1n) is 5.51. The van der Waals surface area contributed by atoms with Crippen LogP contribution in [0.3, 0.4) is 0 Å². The Morgan fingerprint density at radius 3 is 2.78 bits per heavy atom. The molecule has 1 heterocycles. The first-order valence-corrected chi connectivity index (χ1v) is 7.82. The minimum atomic E-state index is 0.486. The number of benzene rings is 1. The Balaban J connectivity index is 2.13. The van der Waals surface area contributed by atoms with Gasteiger partial charge in [-0.1, -0.05) is 33.6 Å². The molecule has 2 nitrogen and oxygen atoms in total. The molecule has 0 spiro atoms. The summed E-state index contributed by atoms with van der Waals surface area (Å²) < 4.78 is 5.80. The summed E-state index contributed by atoms with van der Waals surface area (Å²) in [6.45, 7) is 4.57. The summed E-state index contributed by atoms with van der Waals surface area (Å²) in [6, 6.07) is 5.68. The van der Waals surface area contributed by atoms with E-state index in [0.717, 1.165) is 27.0 Å². The Morgan fingerprint density at radius 2 is 2.17 bits per heavy atom. The first kappa shape index (κ1) is 13.8. The van der Waals surface area contributed by atoms with Crippen molar-refractivity contribution in [3.63, 3.8) is 0 Å². The van der Waals surface area contributed by atoms with Crippen molar-refractivity contribution in [2.45, 2.75) is 25.8 Å². The Morgan fingerprint density at radius 1 is 1.39 bits per heavy atom. The second-order valence-corrected chi connectivity index (χ2v) is 6.14. The van der Waals surface area contributed by atoms with E-state index in [1.165, 1.54) is 4.88 Å². The number of aromatic nitrogens is 1. The Labute approximate surface area is 124 Å². The van der Waals surface area contributed by atoms with Crippen molar-refractivity contribution in [1.29, 1.82) is 0 Å². The number of hydrogen-bond acceptors (Lipinski definition) is 3. The molecule has 18 heavy (non-hydrogen) atoms. The maximum Gasteiger partial charge on any atom is 0.140 e. The molecule has 0 aliphatic rings. The normalized spacial score (nSPS) is 10.7. The van der Waals surface area contributed by atoms with E-state index in [-0.39, 0.29) is 0 Å². The van der Waals surface area contributed by atoms with E-state index in [1.54, 1.807) is 11.3 Å². The predicted molar refractivity (Wildman–Crippen MR) is 80.0 cm³/mol. The standard InChI is InChI=1S/C13H13BrClNOS/c1-8-9(2)18-13(16-8)7-17-12-5-3-4-11(15)10(12)6-14/h3-5H,6-7H2,1-2H3. The van der Waals surface area contributed by atoms with Gasteiger partial charge in [0.25, 0.3) is 0 Å². The quantitative estimate of drug-likeness (QED) is 0.736. The van der Waals surface area contributed by atoms with Gasteiger partial charge in [0.2, 0.25) is 0 Å². The molecule has 0 fully saturated rings. The number of nitrogens with zero attached hydrogens (tertiary/aromatic N) is 1. The van der Waals surface area contributed by atoms with Crippen molar-refractivity contribution in [1.82, 2.24) is 4.98 Å². The van der Waals surface area contributed by atoms with Gasteiger partial charge in [0.1, 0.15) is 17.4 Å². The number of halogens is 2. The summed E-state index contributed by atoms with van der Waals surface area (Å²) in [4.78, 5) is 5.69. The monoisotopic (exact) mass is 345 g/mol.